The zero-order valence-corrected chi connectivity index (χ0v) is 8.96. The smallest absolute Gasteiger partial charge is 0.293 e. The van der Waals surface area contributed by atoms with E-state index < -0.39 is 4.92 Å². The Morgan fingerprint density at radius 1 is 1.47 bits per heavy atom. The monoisotopic (exact) mass is 271 g/mol. The van der Waals surface area contributed by atoms with Crippen molar-refractivity contribution in [1.29, 1.82) is 0 Å². The number of hydrogen-bond acceptors (Lipinski definition) is 4. The van der Waals surface area contributed by atoms with E-state index in [0.29, 0.717) is 5.69 Å². The van der Waals surface area contributed by atoms with Crippen LogP contribution < -0.4 is 21.7 Å². The van der Waals surface area contributed by atoms with E-state index in [2.05, 4.69) is 15.5 Å². The number of rotatable bonds is 2. The number of H-pyrrole nitrogens is 1. The van der Waals surface area contributed by atoms with Crippen LogP contribution in [0.15, 0.2) is 30.6 Å². The zero-order chi connectivity index (χ0) is 9.97. The molecule has 78 valence electrons. The lowest BCUT2D eigenvalue weighted by atomic mass is 10.3. The summed E-state index contributed by atoms with van der Waals surface area (Å²) in [5, 5.41) is 20.1. The second kappa shape index (κ2) is 4.60. The SMILES string of the molecule is O=[N+]([O-])c1cccc(-[n+]2cnn[nH]2)c1.[Br-]. The van der Waals surface area contributed by atoms with Crippen LogP contribution in [0.4, 0.5) is 5.69 Å². The molecule has 0 amide bonds. The molecule has 2 aromatic rings. The lowest BCUT2D eigenvalue weighted by molar-refractivity contribution is -0.660. The maximum atomic E-state index is 10.5. The lowest BCUT2D eigenvalue weighted by Crippen LogP contribution is -3.00. The topological polar surface area (TPSA) is 88.6 Å². The first-order chi connectivity index (χ1) is 6.77. The van der Waals surface area contributed by atoms with E-state index >= 15 is 0 Å². The first-order valence-corrected chi connectivity index (χ1v) is 3.80. The van der Waals surface area contributed by atoms with Gasteiger partial charge in [-0.05, 0) is 6.07 Å². The van der Waals surface area contributed by atoms with Gasteiger partial charge in [-0.2, -0.15) is 0 Å². The zero-order valence-electron chi connectivity index (χ0n) is 7.37. The summed E-state index contributed by atoms with van der Waals surface area (Å²) in [6, 6.07) is 6.17. The number of aromatic amines is 1. The first kappa shape index (κ1) is 11.2. The molecule has 7 nitrogen and oxygen atoms in total. The average molecular weight is 272 g/mol. The lowest BCUT2D eigenvalue weighted by Gasteiger charge is -1.94. The van der Waals surface area contributed by atoms with Gasteiger partial charge in [0.15, 0.2) is 5.21 Å². The van der Waals surface area contributed by atoms with Gasteiger partial charge in [-0.25, -0.2) is 0 Å². The normalized spacial score (nSPS) is 9.33. The third kappa shape index (κ3) is 2.34. The van der Waals surface area contributed by atoms with Gasteiger partial charge in [-0.3, -0.25) is 10.1 Å². The molecular weight excluding hydrogens is 266 g/mol. The van der Waals surface area contributed by atoms with Crippen LogP contribution in [0.3, 0.4) is 0 Å². The molecule has 0 radical (unpaired) electrons. The Hall–Kier alpha value is -1.83. The van der Waals surface area contributed by atoms with E-state index in [9.17, 15) is 10.1 Å². The number of tetrazole rings is 1. The fourth-order valence-corrected chi connectivity index (χ4v) is 1.06. The molecule has 1 aromatic carbocycles. The Balaban J connectivity index is 0.00000112. The number of nitro benzene ring substituents is 1. The standard InChI is InChI=1S/C7H5N5O2.BrH/c13-12(14)7-3-1-2-6(4-7)11-5-8-9-10-11;/h1-5H;1H. The molecule has 0 fully saturated rings. The molecule has 2 rings (SSSR count). The third-order valence-corrected chi connectivity index (χ3v) is 1.70. The Bertz CT molecular complexity index is 458. The molecule has 0 atom stereocenters. The number of benzene rings is 1. The molecule has 0 aliphatic heterocycles. The fraction of sp³-hybridized carbons (Fsp3) is 0. The van der Waals surface area contributed by atoms with E-state index in [4.69, 9.17) is 0 Å². The highest BCUT2D eigenvalue weighted by atomic mass is 79.9. The van der Waals surface area contributed by atoms with Crippen LogP contribution in [0.2, 0.25) is 0 Å². The van der Waals surface area contributed by atoms with Gasteiger partial charge in [0.2, 0.25) is 0 Å². The molecule has 1 heterocycles. The van der Waals surface area contributed by atoms with Crippen LogP contribution >= 0.6 is 0 Å². The summed E-state index contributed by atoms with van der Waals surface area (Å²) in [5.74, 6) is 0. The van der Waals surface area contributed by atoms with Gasteiger partial charge in [-0.15, -0.1) is 4.68 Å². The second-order valence-corrected chi connectivity index (χ2v) is 2.58. The highest BCUT2D eigenvalue weighted by Crippen LogP contribution is 2.11. The molecular formula is C7H6BrN5O2. The van der Waals surface area contributed by atoms with Crippen LogP contribution in [0.25, 0.3) is 5.69 Å². The van der Waals surface area contributed by atoms with Crippen LogP contribution in [-0.2, 0) is 0 Å². The summed E-state index contributed by atoms with van der Waals surface area (Å²) in [4.78, 5) is 10.0. The van der Waals surface area contributed by atoms with Crippen LogP contribution in [0.5, 0.6) is 0 Å². The molecule has 1 aromatic heterocycles. The van der Waals surface area contributed by atoms with Crippen molar-refractivity contribution in [3.63, 3.8) is 0 Å². The molecule has 1 N–H and O–H groups in total. The van der Waals surface area contributed by atoms with Crippen molar-refractivity contribution < 1.29 is 26.6 Å². The van der Waals surface area contributed by atoms with Crippen molar-refractivity contribution >= 4 is 5.69 Å². The Kier molecular flexibility index (Phi) is 3.45. The van der Waals surface area contributed by atoms with Gasteiger partial charge < -0.3 is 17.0 Å². The maximum absolute atomic E-state index is 10.5. The van der Waals surface area contributed by atoms with E-state index in [-0.39, 0.29) is 22.7 Å². The molecule has 0 unspecified atom stereocenters. The van der Waals surface area contributed by atoms with Crippen molar-refractivity contribution in [2.24, 2.45) is 0 Å². The first-order valence-electron chi connectivity index (χ1n) is 3.80. The Morgan fingerprint density at radius 2 is 2.27 bits per heavy atom. The number of nitrogens with zero attached hydrogens (tertiary/aromatic N) is 4. The summed E-state index contributed by atoms with van der Waals surface area (Å²) in [6.45, 7) is 0. The predicted octanol–water partition coefficient (Wildman–Crippen LogP) is -3.01. The summed E-state index contributed by atoms with van der Waals surface area (Å²) in [7, 11) is 0. The second-order valence-electron chi connectivity index (χ2n) is 2.58. The molecule has 0 aliphatic rings. The molecule has 0 spiro atoms. The molecule has 0 saturated carbocycles. The van der Waals surface area contributed by atoms with Crippen LogP contribution in [0.1, 0.15) is 0 Å². The summed E-state index contributed by atoms with van der Waals surface area (Å²) in [6.07, 6.45) is 1.43. The summed E-state index contributed by atoms with van der Waals surface area (Å²) in [5.41, 5.74) is 0.647. The van der Waals surface area contributed by atoms with Gasteiger partial charge in [0.25, 0.3) is 12.0 Å². The number of aromatic nitrogens is 4. The Morgan fingerprint density at radius 3 is 2.87 bits per heavy atom. The largest absolute Gasteiger partial charge is 1.00 e. The minimum atomic E-state index is -0.451. The molecule has 0 aliphatic carbocycles. The molecule has 0 saturated heterocycles. The van der Waals surface area contributed by atoms with Crippen molar-refractivity contribution in [2.45, 2.75) is 0 Å². The number of nitro groups is 1. The maximum Gasteiger partial charge on any atom is 0.293 e. The van der Waals surface area contributed by atoms with Crippen molar-refractivity contribution in [1.82, 2.24) is 15.5 Å². The van der Waals surface area contributed by atoms with Gasteiger partial charge >= 0.3 is 0 Å². The minimum Gasteiger partial charge on any atom is -1.00 e. The van der Waals surface area contributed by atoms with E-state index in [1.165, 1.54) is 23.1 Å². The van der Waals surface area contributed by atoms with Gasteiger partial charge in [0, 0.05) is 6.07 Å². The molecule has 8 heteroatoms. The van der Waals surface area contributed by atoms with Crippen molar-refractivity contribution in [3.8, 4) is 5.69 Å². The molecule has 15 heavy (non-hydrogen) atoms. The predicted molar refractivity (Wildman–Crippen MR) is 44.6 cm³/mol. The number of halogens is 1. The van der Waals surface area contributed by atoms with Crippen molar-refractivity contribution in [3.05, 3.63) is 40.7 Å². The average Bonchev–Trinajstić information content (AvgIpc) is 2.71. The quantitative estimate of drug-likeness (QED) is 0.358. The van der Waals surface area contributed by atoms with Crippen LogP contribution in [0, 0.1) is 10.1 Å². The summed E-state index contributed by atoms with van der Waals surface area (Å²) < 4.78 is 1.48. The third-order valence-electron chi connectivity index (χ3n) is 1.70. The van der Waals surface area contributed by atoms with Gasteiger partial charge in [0.1, 0.15) is 10.8 Å². The van der Waals surface area contributed by atoms with E-state index in [1.54, 1.807) is 12.1 Å². The minimum absolute atomic E-state index is 0. The highest BCUT2D eigenvalue weighted by Gasteiger charge is 2.09. The van der Waals surface area contributed by atoms with Crippen molar-refractivity contribution in [2.75, 3.05) is 0 Å². The number of non-ortho nitro benzene ring substituents is 1. The van der Waals surface area contributed by atoms with Crippen LogP contribution in [-0.4, -0.2) is 20.4 Å². The van der Waals surface area contributed by atoms with Gasteiger partial charge in [-0.1, -0.05) is 11.3 Å². The van der Waals surface area contributed by atoms with E-state index in [0.717, 1.165) is 0 Å². The van der Waals surface area contributed by atoms with Gasteiger partial charge in [0.05, 0.1) is 11.0 Å². The number of nitrogens with one attached hydrogen (secondary N) is 1. The molecule has 0 bridgehead atoms. The Labute approximate surface area is 94.6 Å². The van der Waals surface area contributed by atoms with E-state index in [1.807, 2.05) is 0 Å². The number of hydrogen-bond donors (Lipinski definition) is 1. The fourth-order valence-electron chi connectivity index (χ4n) is 1.06. The summed E-state index contributed by atoms with van der Waals surface area (Å²) >= 11 is 0. The highest BCUT2D eigenvalue weighted by molar-refractivity contribution is 5.37.